The van der Waals surface area contributed by atoms with Crippen molar-refractivity contribution >= 4 is 30.7 Å². The summed E-state index contributed by atoms with van der Waals surface area (Å²) in [4.78, 5) is 12.6. The Balaban J connectivity index is 0.00000200. The Bertz CT molecular complexity index is 423. The summed E-state index contributed by atoms with van der Waals surface area (Å²) in [6.07, 6.45) is 3.20. The van der Waals surface area contributed by atoms with E-state index in [9.17, 15) is 10.1 Å². The second kappa shape index (κ2) is 10.00. The van der Waals surface area contributed by atoms with Crippen molar-refractivity contribution in [2.45, 2.75) is 32.2 Å². The lowest BCUT2D eigenvalue weighted by Crippen LogP contribution is -2.45. The SMILES string of the molecule is CCCC[C@@H](c1ccc([N+](=O)[O-])o1)N1CCNCC1.Cl.Cl. The largest absolute Gasteiger partial charge is 0.433 e. The lowest BCUT2D eigenvalue weighted by atomic mass is 10.0. The molecule has 1 atom stereocenters. The average molecular weight is 340 g/mol. The van der Waals surface area contributed by atoms with Crippen LogP contribution in [-0.2, 0) is 0 Å². The molecule has 2 rings (SSSR count). The number of nitrogens with one attached hydrogen (secondary N) is 1. The Hall–Kier alpha value is -0.820. The minimum atomic E-state index is -0.474. The van der Waals surface area contributed by atoms with Crippen molar-refractivity contribution in [2.24, 2.45) is 0 Å². The molecule has 8 heteroatoms. The van der Waals surface area contributed by atoms with Crippen LogP contribution >= 0.6 is 24.8 Å². The molecule has 0 aliphatic carbocycles. The Morgan fingerprint density at radius 2 is 2.05 bits per heavy atom. The van der Waals surface area contributed by atoms with Crippen molar-refractivity contribution in [1.82, 2.24) is 10.2 Å². The molecule has 1 fully saturated rings. The highest BCUT2D eigenvalue weighted by atomic mass is 35.5. The normalized spacial score (nSPS) is 16.6. The first kappa shape index (κ1) is 20.2. The molecular formula is C13H23Cl2N3O3. The summed E-state index contributed by atoms with van der Waals surface area (Å²) in [5.41, 5.74) is 0. The van der Waals surface area contributed by atoms with Gasteiger partial charge in [0.15, 0.2) is 0 Å². The molecule has 1 aromatic rings. The van der Waals surface area contributed by atoms with Gasteiger partial charge in [-0.1, -0.05) is 19.8 Å². The Kier molecular flexibility index (Phi) is 9.61. The zero-order valence-electron chi connectivity index (χ0n) is 12.1. The van der Waals surface area contributed by atoms with Crippen LogP contribution in [0.1, 0.15) is 38.0 Å². The van der Waals surface area contributed by atoms with Crippen LogP contribution in [0, 0.1) is 10.1 Å². The summed E-state index contributed by atoms with van der Waals surface area (Å²) in [6, 6.07) is 3.37. The van der Waals surface area contributed by atoms with Gasteiger partial charge in [0, 0.05) is 26.2 Å². The molecule has 122 valence electrons. The zero-order valence-corrected chi connectivity index (χ0v) is 13.8. The minimum Gasteiger partial charge on any atom is -0.404 e. The first-order valence-corrected chi connectivity index (χ1v) is 6.91. The van der Waals surface area contributed by atoms with Gasteiger partial charge >= 0.3 is 5.88 Å². The van der Waals surface area contributed by atoms with Gasteiger partial charge < -0.3 is 9.73 Å². The van der Waals surface area contributed by atoms with Crippen molar-refractivity contribution in [2.75, 3.05) is 26.2 Å². The van der Waals surface area contributed by atoms with Gasteiger partial charge in [-0.25, -0.2) is 0 Å². The van der Waals surface area contributed by atoms with Gasteiger partial charge in [-0.3, -0.25) is 15.0 Å². The monoisotopic (exact) mass is 339 g/mol. The van der Waals surface area contributed by atoms with Gasteiger partial charge in [-0.15, -0.1) is 24.8 Å². The third-order valence-electron chi connectivity index (χ3n) is 3.54. The molecule has 0 amide bonds. The van der Waals surface area contributed by atoms with E-state index in [0.29, 0.717) is 0 Å². The number of rotatable bonds is 6. The lowest BCUT2D eigenvalue weighted by molar-refractivity contribution is -0.402. The maximum atomic E-state index is 10.7. The number of furan rings is 1. The average Bonchev–Trinajstić information content (AvgIpc) is 2.90. The molecule has 0 aromatic carbocycles. The molecule has 2 heterocycles. The maximum absolute atomic E-state index is 10.7. The fourth-order valence-corrected chi connectivity index (χ4v) is 2.52. The predicted molar refractivity (Wildman–Crippen MR) is 86.6 cm³/mol. The highest BCUT2D eigenvalue weighted by molar-refractivity contribution is 5.85. The van der Waals surface area contributed by atoms with Gasteiger partial charge in [-0.2, -0.15) is 0 Å². The number of halogens is 2. The Labute approximate surface area is 137 Å². The van der Waals surface area contributed by atoms with Crippen molar-refractivity contribution in [3.05, 3.63) is 28.0 Å². The number of nitro groups is 1. The smallest absolute Gasteiger partial charge is 0.404 e. The molecule has 0 spiro atoms. The van der Waals surface area contributed by atoms with Crippen LogP contribution in [0.3, 0.4) is 0 Å². The molecule has 1 aliphatic rings. The molecule has 21 heavy (non-hydrogen) atoms. The Morgan fingerprint density at radius 1 is 1.38 bits per heavy atom. The molecule has 0 radical (unpaired) electrons. The molecule has 0 unspecified atom stereocenters. The van der Waals surface area contributed by atoms with Crippen LogP contribution in [0.4, 0.5) is 5.88 Å². The van der Waals surface area contributed by atoms with Crippen molar-refractivity contribution in [3.63, 3.8) is 0 Å². The van der Waals surface area contributed by atoms with Crippen LogP contribution in [-0.4, -0.2) is 36.0 Å². The van der Waals surface area contributed by atoms with E-state index < -0.39 is 4.92 Å². The minimum absolute atomic E-state index is 0. The third kappa shape index (κ3) is 5.47. The highest BCUT2D eigenvalue weighted by Crippen LogP contribution is 2.30. The highest BCUT2D eigenvalue weighted by Gasteiger charge is 2.26. The summed E-state index contributed by atoms with van der Waals surface area (Å²) in [5.74, 6) is 0.564. The van der Waals surface area contributed by atoms with Crippen LogP contribution in [0.15, 0.2) is 16.5 Å². The summed E-state index contributed by atoms with van der Waals surface area (Å²) in [6.45, 7) is 6.00. The first-order valence-electron chi connectivity index (χ1n) is 6.91. The summed E-state index contributed by atoms with van der Waals surface area (Å²) < 4.78 is 5.40. The van der Waals surface area contributed by atoms with E-state index >= 15 is 0 Å². The van der Waals surface area contributed by atoms with E-state index in [-0.39, 0.29) is 36.7 Å². The molecular weight excluding hydrogens is 317 g/mol. The van der Waals surface area contributed by atoms with E-state index in [0.717, 1.165) is 51.2 Å². The zero-order chi connectivity index (χ0) is 13.7. The van der Waals surface area contributed by atoms with Gasteiger partial charge in [-0.05, 0) is 12.5 Å². The number of hydrogen-bond acceptors (Lipinski definition) is 5. The van der Waals surface area contributed by atoms with Gasteiger partial charge in [0.1, 0.15) is 10.7 Å². The quantitative estimate of drug-likeness (QED) is 0.636. The van der Waals surface area contributed by atoms with Gasteiger partial charge in [0.2, 0.25) is 0 Å². The van der Waals surface area contributed by atoms with E-state index in [2.05, 4.69) is 17.1 Å². The topological polar surface area (TPSA) is 71.5 Å². The summed E-state index contributed by atoms with van der Waals surface area (Å²) in [7, 11) is 0. The molecule has 0 saturated carbocycles. The summed E-state index contributed by atoms with van der Waals surface area (Å²) >= 11 is 0. The molecule has 6 nitrogen and oxygen atoms in total. The molecule has 1 saturated heterocycles. The second-order valence-corrected chi connectivity index (χ2v) is 4.88. The number of unbranched alkanes of at least 4 members (excludes halogenated alkanes) is 1. The van der Waals surface area contributed by atoms with E-state index in [1.54, 1.807) is 6.07 Å². The van der Waals surface area contributed by atoms with Crippen molar-refractivity contribution in [3.8, 4) is 0 Å². The maximum Gasteiger partial charge on any atom is 0.433 e. The van der Waals surface area contributed by atoms with Crippen molar-refractivity contribution < 1.29 is 9.34 Å². The van der Waals surface area contributed by atoms with Gasteiger partial charge in [0.25, 0.3) is 0 Å². The molecule has 1 N–H and O–H groups in total. The van der Waals surface area contributed by atoms with Crippen LogP contribution < -0.4 is 5.32 Å². The van der Waals surface area contributed by atoms with Crippen LogP contribution in [0.25, 0.3) is 0 Å². The van der Waals surface area contributed by atoms with E-state index in [1.165, 1.54) is 6.07 Å². The third-order valence-corrected chi connectivity index (χ3v) is 3.54. The fourth-order valence-electron chi connectivity index (χ4n) is 2.52. The molecule has 1 aliphatic heterocycles. The van der Waals surface area contributed by atoms with Gasteiger partial charge in [0.05, 0.1) is 12.1 Å². The number of nitrogens with zero attached hydrogens (tertiary/aromatic N) is 2. The van der Waals surface area contributed by atoms with E-state index in [1.807, 2.05) is 0 Å². The van der Waals surface area contributed by atoms with Crippen molar-refractivity contribution in [1.29, 1.82) is 0 Å². The van der Waals surface area contributed by atoms with E-state index in [4.69, 9.17) is 4.42 Å². The van der Waals surface area contributed by atoms with Crippen LogP contribution in [0.5, 0.6) is 0 Å². The molecule has 1 aromatic heterocycles. The standard InChI is InChI=1S/C13H21N3O3.2ClH/c1-2-3-4-11(15-9-7-14-8-10-15)12-5-6-13(19-12)16(17)18;;/h5-6,11,14H,2-4,7-10H2,1H3;2*1H/t11-;;/m0../s1. The first-order chi connectivity index (χ1) is 9.22. The Morgan fingerprint density at radius 3 is 2.57 bits per heavy atom. The van der Waals surface area contributed by atoms with Crippen LogP contribution in [0.2, 0.25) is 0 Å². The number of piperazine rings is 1. The second-order valence-electron chi connectivity index (χ2n) is 4.88. The summed E-state index contributed by atoms with van der Waals surface area (Å²) in [5, 5.41) is 14.0. The predicted octanol–water partition coefficient (Wildman–Crippen LogP) is 3.17. The number of hydrogen-bond donors (Lipinski definition) is 1. The lowest BCUT2D eigenvalue weighted by Gasteiger charge is -2.33. The fraction of sp³-hybridized carbons (Fsp3) is 0.692. The molecule has 0 bridgehead atoms.